The zero-order valence-corrected chi connectivity index (χ0v) is 16.8. The molecule has 4 aromatic rings. The Bertz CT molecular complexity index is 1170. The fourth-order valence-corrected chi connectivity index (χ4v) is 2.98. The highest BCUT2D eigenvalue weighted by Crippen LogP contribution is 2.24. The van der Waals surface area contributed by atoms with E-state index in [1.807, 2.05) is 74.5 Å². The zero-order valence-electron chi connectivity index (χ0n) is 16.8. The Kier molecular flexibility index (Phi) is 5.52. The molecular weight excluding hydrogens is 374 g/mol. The van der Waals surface area contributed by atoms with E-state index in [9.17, 15) is 4.79 Å². The first-order valence-electron chi connectivity index (χ1n) is 9.62. The standard InChI is InChI=1S/C25H21N3O2/c1-17-8-13-21(14-18(17)2)28-25(29)20-11-9-19(10-12-20)23-15-24(27-16-26-23)30-22-6-4-3-5-7-22/h3-16H,1-2H3,(H,28,29). The van der Waals surface area contributed by atoms with E-state index >= 15 is 0 Å². The Labute approximate surface area is 175 Å². The lowest BCUT2D eigenvalue weighted by molar-refractivity contribution is 0.102. The molecule has 1 heterocycles. The van der Waals surface area contributed by atoms with E-state index in [0.717, 1.165) is 22.5 Å². The van der Waals surface area contributed by atoms with Gasteiger partial charge in [0.05, 0.1) is 5.69 Å². The molecule has 0 aliphatic heterocycles. The van der Waals surface area contributed by atoms with Crippen LogP contribution in [0.15, 0.2) is 85.2 Å². The molecule has 3 aromatic carbocycles. The van der Waals surface area contributed by atoms with Crippen molar-refractivity contribution < 1.29 is 9.53 Å². The molecule has 0 aliphatic rings. The Hall–Kier alpha value is -3.99. The number of para-hydroxylation sites is 1. The predicted molar refractivity (Wildman–Crippen MR) is 118 cm³/mol. The molecule has 1 aromatic heterocycles. The number of amides is 1. The predicted octanol–water partition coefficient (Wildman–Crippen LogP) is 5.81. The number of carbonyl (C=O) groups excluding carboxylic acids is 1. The minimum absolute atomic E-state index is 0.152. The second-order valence-corrected chi connectivity index (χ2v) is 6.99. The smallest absolute Gasteiger partial charge is 0.255 e. The summed E-state index contributed by atoms with van der Waals surface area (Å²) in [6.07, 6.45) is 1.47. The highest BCUT2D eigenvalue weighted by Gasteiger charge is 2.09. The van der Waals surface area contributed by atoms with E-state index in [2.05, 4.69) is 15.3 Å². The number of rotatable bonds is 5. The molecule has 0 radical (unpaired) electrons. The molecule has 0 atom stereocenters. The van der Waals surface area contributed by atoms with Crippen molar-refractivity contribution in [2.24, 2.45) is 0 Å². The third kappa shape index (κ3) is 4.52. The van der Waals surface area contributed by atoms with Gasteiger partial charge in [0.1, 0.15) is 12.1 Å². The fraction of sp³-hybridized carbons (Fsp3) is 0.0800. The fourth-order valence-electron chi connectivity index (χ4n) is 2.98. The summed E-state index contributed by atoms with van der Waals surface area (Å²) in [5.41, 5.74) is 5.28. The maximum absolute atomic E-state index is 12.6. The highest BCUT2D eigenvalue weighted by molar-refractivity contribution is 6.04. The first-order chi connectivity index (χ1) is 14.6. The van der Waals surface area contributed by atoms with Gasteiger partial charge in [-0.1, -0.05) is 36.4 Å². The van der Waals surface area contributed by atoms with Crippen LogP contribution in [0.5, 0.6) is 11.6 Å². The van der Waals surface area contributed by atoms with Gasteiger partial charge < -0.3 is 10.1 Å². The summed E-state index contributed by atoms with van der Waals surface area (Å²) in [6, 6.07) is 24.4. The molecular formula is C25H21N3O2. The molecule has 4 rings (SSSR count). The van der Waals surface area contributed by atoms with Crippen LogP contribution in [0.25, 0.3) is 11.3 Å². The third-order valence-electron chi connectivity index (χ3n) is 4.82. The van der Waals surface area contributed by atoms with Crippen molar-refractivity contribution in [1.82, 2.24) is 9.97 Å². The Morgan fingerprint density at radius 3 is 2.33 bits per heavy atom. The molecule has 5 nitrogen and oxygen atoms in total. The van der Waals surface area contributed by atoms with Gasteiger partial charge in [0.15, 0.2) is 0 Å². The van der Waals surface area contributed by atoms with Gasteiger partial charge in [0.2, 0.25) is 5.88 Å². The SMILES string of the molecule is Cc1ccc(NC(=O)c2ccc(-c3cc(Oc4ccccc4)ncn3)cc2)cc1C. The number of nitrogens with one attached hydrogen (secondary N) is 1. The van der Waals surface area contributed by atoms with E-state index in [-0.39, 0.29) is 5.91 Å². The van der Waals surface area contributed by atoms with Crippen LogP contribution in [0.2, 0.25) is 0 Å². The Morgan fingerprint density at radius 1 is 0.833 bits per heavy atom. The molecule has 0 unspecified atom stereocenters. The first kappa shape index (κ1) is 19.3. The summed E-state index contributed by atoms with van der Waals surface area (Å²) < 4.78 is 5.77. The minimum Gasteiger partial charge on any atom is -0.439 e. The molecule has 1 amide bonds. The van der Waals surface area contributed by atoms with E-state index in [4.69, 9.17) is 4.74 Å². The summed E-state index contributed by atoms with van der Waals surface area (Å²) in [6.45, 7) is 4.07. The van der Waals surface area contributed by atoms with E-state index in [1.54, 1.807) is 18.2 Å². The van der Waals surface area contributed by atoms with Gasteiger partial charge in [-0.2, -0.15) is 0 Å². The van der Waals surface area contributed by atoms with Crippen molar-refractivity contribution in [2.45, 2.75) is 13.8 Å². The number of carbonyl (C=O) groups is 1. The molecule has 0 fully saturated rings. The van der Waals surface area contributed by atoms with Gasteiger partial charge in [-0.15, -0.1) is 0 Å². The maximum atomic E-state index is 12.6. The van der Waals surface area contributed by atoms with Crippen LogP contribution in [0.4, 0.5) is 5.69 Å². The molecule has 0 saturated heterocycles. The molecule has 148 valence electrons. The van der Waals surface area contributed by atoms with Crippen LogP contribution in [0.3, 0.4) is 0 Å². The van der Waals surface area contributed by atoms with E-state index in [1.165, 1.54) is 11.9 Å². The zero-order chi connectivity index (χ0) is 20.9. The summed E-state index contributed by atoms with van der Waals surface area (Å²) >= 11 is 0. The largest absolute Gasteiger partial charge is 0.439 e. The van der Waals surface area contributed by atoms with Crippen LogP contribution in [0.1, 0.15) is 21.5 Å². The van der Waals surface area contributed by atoms with Crippen LogP contribution in [-0.4, -0.2) is 15.9 Å². The maximum Gasteiger partial charge on any atom is 0.255 e. The number of hydrogen-bond donors (Lipinski definition) is 1. The lowest BCUT2D eigenvalue weighted by atomic mass is 10.1. The molecule has 0 saturated carbocycles. The topological polar surface area (TPSA) is 64.1 Å². The second-order valence-electron chi connectivity index (χ2n) is 6.99. The van der Waals surface area contributed by atoms with Gasteiger partial charge in [-0.3, -0.25) is 4.79 Å². The number of hydrogen-bond acceptors (Lipinski definition) is 4. The lowest BCUT2D eigenvalue weighted by Crippen LogP contribution is -2.11. The van der Waals surface area contributed by atoms with Crippen LogP contribution < -0.4 is 10.1 Å². The van der Waals surface area contributed by atoms with Gasteiger partial charge in [0.25, 0.3) is 5.91 Å². The molecule has 0 bridgehead atoms. The summed E-state index contributed by atoms with van der Waals surface area (Å²) in [5, 5.41) is 2.94. The van der Waals surface area contributed by atoms with Crippen molar-refractivity contribution >= 4 is 11.6 Å². The van der Waals surface area contributed by atoms with E-state index < -0.39 is 0 Å². The Balaban J connectivity index is 1.48. The van der Waals surface area contributed by atoms with Crippen molar-refractivity contribution in [1.29, 1.82) is 0 Å². The van der Waals surface area contributed by atoms with Gasteiger partial charge in [-0.25, -0.2) is 9.97 Å². The second kappa shape index (κ2) is 8.57. The normalized spacial score (nSPS) is 10.5. The molecule has 5 heteroatoms. The highest BCUT2D eigenvalue weighted by atomic mass is 16.5. The quantitative estimate of drug-likeness (QED) is 0.463. The first-order valence-corrected chi connectivity index (χ1v) is 9.62. The summed E-state index contributed by atoms with van der Waals surface area (Å²) in [4.78, 5) is 21.0. The van der Waals surface area contributed by atoms with Crippen molar-refractivity contribution in [3.8, 4) is 22.9 Å². The number of ether oxygens (including phenoxy) is 1. The van der Waals surface area contributed by atoms with Gasteiger partial charge in [-0.05, 0) is 61.4 Å². The Morgan fingerprint density at radius 2 is 1.60 bits per heavy atom. The number of aryl methyl sites for hydroxylation is 2. The minimum atomic E-state index is -0.152. The molecule has 0 aliphatic carbocycles. The summed E-state index contributed by atoms with van der Waals surface area (Å²) in [7, 11) is 0. The van der Waals surface area contributed by atoms with Crippen LogP contribution >= 0.6 is 0 Å². The van der Waals surface area contributed by atoms with Crippen molar-refractivity contribution in [2.75, 3.05) is 5.32 Å². The molecule has 0 spiro atoms. The number of nitrogens with zero attached hydrogens (tertiary/aromatic N) is 2. The number of benzene rings is 3. The average molecular weight is 395 g/mol. The number of aromatic nitrogens is 2. The van der Waals surface area contributed by atoms with Crippen LogP contribution in [-0.2, 0) is 0 Å². The number of anilines is 1. The molecule has 1 N–H and O–H groups in total. The monoisotopic (exact) mass is 395 g/mol. The average Bonchev–Trinajstić information content (AvgIpc) is 2.77. The van der Waals surface area contributed by atoms with Gasteiger partial charge >= 0.3 is 0 Å². The van der Waals surface area contributed by atoms with E-state index in [0.29, 0.717) is 17.2 Å². The van der Waals surface area contributed by atoms with Crippen molar-refractivity contribution in [3.63, 3.8) is 0 Å². The van der Waals surface area contributed by atoms with Crippen LogP contribution in [0, 0.1) is 13.8 Å². The lowest BCUT2D eigenvalue weighted by Gasteiger charge is -2.09. The van der Waals surface area contributed by atoms with Crippen molar-refractivity contribution in [3.05, 3.63) is 102 Å². The van der Waals surface area contributed by atoms with Gasteiger partial charge in [0, 0.05) is 22.9 Å². The third-order valence-corrected chi connectivity index (χ3v) is 4.82. The summed E-state index contributed by atoms with van der Waals surface area (Å²) in [5.74, 6) is 1.02. The molecule has 30 heavy (non-hydrogen) atoms.